The Morgan fingerprint density at radius 3 is 2.71 bits per heavy atom. The molecule has 128 valence electrons. The number of amides is 1. The molecule has 1 aliphatic heterocycles. The van der Waals surface area contributed by atoms with Crippen LogP contribution in [0, 0.1) is 6.92 Å². The number of carbonyl (C=O) groups is 1. The van der Waals surface area contributed by atoms with Gasteiger partial charge in [-0.15, -0.1) is 12.4 Å². The summed E-state index contributed by atoms with van der Waals surface area (Å²) in [5.41, 5.74) is 4.82. The van der Waals surface area contributed by atoms with Crippen LogP contribution in [0.5, 0.6) is 0 Å². The van der Waals surface area contributed by atoms with Gasteiger partial charge in [-0.1, -0.05) is 40.2 Å². The predicted molar refractivity (Wildman–Crippen MR) is 105 cm³/mol. The van der Waals surface area contributed by atoms with E-state index in [0.717, 1.165) is 41.8 Å². The lowest BCUT2D eigenvalue weighted by Crippen LogP contribution is -2.33. The highest BCUT2D eigenvalue weighted by atomic mass is 79.9. The first-order valence-corrected chi connectivity index (χ1v) is 8.76. The van der Waals surface area contributed by atoms with Crippen molar-refractivity contribution in [1.82, 2.24) is 4.90 Å². The van der Waals surface area contributed by atoms with Crippen molar-refractivity contribution >= 4 is 39.9 Å². The Labute approximate surface area is 158 Å². The van der Waals surface area contributed by atoms with Gasteiger partial charge in [0.05, 0.1) is 0 Å². The molecule has 0 fully saturated rings. The second kappa shape index (κ2) is 8.65. The van der Waals surface area contributed by atoms with E-state index in [9.17, 15) is 4.79 Å². The zero-order valence-electron chi connectivity index (χ0n) is 13.7. The smallest absolute Gasteiger partial charge is 0.225 e. The molecule has 0 aromatic heterocycles. The van der Waals surface area contributed by atoms with Crippen LogP contribution < -0.4 is 5.32 Å². The maximum absolute atomic E-state index is 12.1. The first-order valence-electron chi connectivity index (χ1n) is 7.97. The lowest BCUT2D eigenvalue weighted by atomic mass is 10.00. The number of hydrogen-bond acceptors (Lipinski definition) is 2. The molecule has 0 saturated heterocycles. The Bertz CT molecular complexity index is 720. The number of halogens is 2. The van der Waals surface area contributed by atoms with E-state index < -0.39 is 0 Å². The van der Waals surface area contributed by atoms with Crippen molar-refractivity contribution in [1.29, 1.82) is 0 Å². The fourth-order valence-electron chi connectivity index (χ4n) is 2.95. The number of carbonyl (C=O) groups excluding carboxylic acids is 1. The zero-order chi connectivity index (χ0) is 16.2. The summed E-state index contributed by atoms with van der Waals surface area (Å²) in [6, 6.07) is 14.5. The largest absolute Gasteiger partial charge is 0.326 e. The molecule has 0 spiro atoms. The molecule has 1 amide bonds. The van der Waals surface area contributed by atoms with Crippen molar-refractivity contribution in [2.24, 2.45) is 0 Å². The zero-order valence-corrected chi connectivity index (χ0v) is 16.1. The number of fused-ring (bicyclic) bond motifs is 1. The van der Waals surface area contributed by atoms with Crippen LogP contribution in [0.4, 0.5) is 5.69 Å². The summed E-state index contributed by atoms with van der Waals surface area (Å²) in [7, 11) is 0. The summed E-state index contributed by atoms with van der Waals surface area (Å²) in [4.78, 5) is 14.5. The van der Waals surface area contributed by atoms with Crippen molar-refractivity contribution in [2.75, 3.05) is 18.4 Å². The lowest BCUT2D eigenvalue weighted by molar-refractivity contribution is -0.116. The molecule has 5 heteroatoms. The van der Waals surface area contributed by atoms with Gasteiger partial charge in [0.2, 0.25) is 5.91 Å². The number of nitrogens with one attached hydrogen (secondary N) is 1. The quantitative estimate of drug-likeness (QED) is 0.802. The van der Waals surface area contributed by atoms with Gasteiger partial charge in [-0.25, -0.2) is 0 Å². The molecule has 2 aromatic carbocycles. The molecular formula is C19H22BrClN2O. The average molecular weight is 410 g/mol. The highest BCUT2D eigenvalue weighted by molar-refractivity contribution is 9.10. The van der Waals surface area contributed by atoms with Gasteiger partial charge in [-0.3, -0.25) is 9.69 Å². The summed E-state index contributed by atoms with van der Waals surface area (Å²) < 4.78 is 1.06. The van der Waals surface area contributed by atoms with Crippen molar-refractivity contribution in [3.05, 3.63) is 63.6 Å². The van der Waals surface area contributed by atoms with Crippen LogP contribution in [-0.2, 0) is 17.8 Å². The van der Waals surface area contributed by atoms with E-state index >= 15 is 0 Å². The number of anilines is 1. The predicted octanol–water partition coefficient (Wildman–Crippen LogP) is 4.57. The van der Waals surface area contributed by atoms with Crippen LogP contribution in [-0.4, -0.2) is 23.9 Å². The summed E-state index contributed by atoms with van der Waals surface area (Å²) in [6.45, 7) is 4.79. The molecule has 3 nitrogen and oxygen atoms in total. The van der Waals surface area contributed by atoms with E-state index in [1.54, 1.807) is 0 Å². The van der Waals surface area contributed by atoms with E-state index in [1.807, 2.05) is 25.1 Å². The van der Waals surface area contributed by atoms with Crippen LogP contribution in [0.15, 0.2) is 46.9 Å². The van der Waals surface area contributed by atoms with Gasteiger partial charge < -0.3 is 5.32 Å². The van der Waals surface area contributed by atoms with Crippen LogP contribution in [0.3, 0.4) is 0 Å². The van der Waals surface area contributed by atoms with Gasteiger partial charge in [-0.05, 0) is 48.2 Å². The lowest BCUT2D eigenvalue weighted by Gasteiger charge is -2.28. The minimum Gasteiger partial charge on any atom is -0.326 e. The Hall–Kier alpha value is -1.36. The van der Waals surface area contributed by atoms with Crippen LogP contribution in [0.2, 0.25) is 0 Å². The molecule has 0 atom stereocenters. The fraction of sp³-hybridized carbons (Fsp3) is 0.316. The Morgan fingerprint density at radius 2 is 1.96 bits per heavy atom. The normalized spacial score (nSPS) is 13.8. The molecule has 1 aliphatic rings. The Kier molecular flexibility index (Phi) is 6.84. The van der Waals surface area contributed by atoms with Crippen molar-refractivity contribution in [3.63, 3.8) is 0 Å². The van der Waals surface area contributed by atoms with Gasteiger partial charge in [0, 0.05) is 36.2 Å². The molecule has 0 bridgehead atoms. The third-order valence-electron chi connectivity index (χ3n) is 4.31. The third-order valence-corrected chi connectivity index (χ3v) is 5.20. The Balaban J connectivity index is 0.00000208. The monoisotopic (exact) mass is 408 g/mol. The number of hydrogen-bond donors (Lipinski definition) is 1. The Morgan fingerprint density at radius 1 is 1.21 bits per heavy atom. The number of nitrogens with zero attached hydrogens (tertiary/aromatic N) is 1. The van der Waals surface area contributed by atoms with E-state index in [4.69, 9.17) is 0 Å². The van der Waals surface area contributed by atoms with Crippen LogP contribution in [0.25, 0.3) is 0 Å². The average Bonchev–Trinajstić information content (AvgIpc) is 2.56. The maximum atomic E-state index is 12.1. The number of aryl methyl sites for hydroxylation is 1. The highest BCUT2D eigenvalue weighted by Crippen LogP contribution is 2.21. The first-order chi connectivity index (χ1) is 11.1. The van der Waals surface area contributed by atoms with Gasteiger partial charge in [0.1, 0.15) is 0 Å². The third kappa shape index (κ3) is 4.82. The van der Waals surface area contributed by atoms with Crippen molar-refractivity contribution in [2.45, 2.75) is 26.3 Å². The first kappa shape index (κ1) is 19.0. The van der Waals surface area contributed by atoms with E-state index in [2.05, 4.69) is 50.4 Å². The molecular weight excluding hydrogens is 388 g/mol. The second-order valence-electron chi connectivity index (χ2n) is 6.06. The van der Waals surface area contributed by atoms with E-state index in [1.165, 1.54) is 11.1 Å². The fourth-order valence-corrected chi connectivity index (χ4v) is 3.20. The van der Waals surface area contributed by atoms with Crippen molar-refractivity contribution in [3.8, 4) is 0 Å². The molecule has 24 heavy (non-hydrogen) atoms. The standard InChI is InChI=1S/C19H21BrN2O.ClH/c1-14-12-17(6-7-18(14)20)21-19(23)9-11-22-10-8-15-4-2-3-5-16(15)13-22;/h2-7,12H,8-11,13H2,1H3,(H,21,23);1H. The SMILES string of the molecule is Cc1cc(NC(=O)CCN2CCc3ccccc3C2)ccc1Br.Cl. The summed E-state index contributed by atoms with van der Waals surface area (Å²) in [6.07, 6.45) is 1.60. The van der Waals surface area contributed by atoms with Gasteiger partial charge >= 0.3 is 0 Å². The molecule has 1 heterocycles. The number of benzene rings is 2. The highest BCUT2D eigenvalue weighted by Gasteiger charge is 2.16. The van der Waals surface area contributed by atoms with E-state index in [0.29, 0.717) is 6.42 Å². The van der Waals surface area contributed by atoms with Gasteiger partial charge in [-0.2, -0.15) is 0 Å². The summed E-state index contributed by atoms with van der Waals surface area (Å²) in [5, 5.41) is 2.98. The van der Waals surface area contributed by atoms with Gasteiger partial charge in [0.15, 0.2) is 0 Å². The molecule has 3 rings (SSSR count). The molecule has 0 saturated carbocycles. The van der Waals surface area contributed by atoms with Crippen LogP contribution in [0.1, 0.15) is 23.1 Å². The minimum atomic E-state index is 0. The molecule has 2 aromatic rings. The van der Waals surface area contributed by atoms with E-state index in [-0.39, 0.29) is 18.3 Å². The molecule has 0 unspecified atom stereocenters. The van der Waals surface area contributed by atoms with Crippen molar-refractivity contribution < 1.29 is 4.79 Å². The second-order valence-corrected chi connectivity index (χ2v) is 6.91. The van der Waals surface area contributed by atoms with Gasteiger partial charge in [0.25, 0.3) is 0 Å². The molecule has 1 N–H and O–H groups in total. The topological polar surface area (TPSA) is 32.3 Å². The number of rotatable bonds is 4. The molecule has 0 aliphatic carbocycles. The minimum absolute atomic E-state index is 0. The molecule has 0 radical (unpaired) electrons. The van der Waals surface area contributed by atoms with Crippen LogP contribution >= 0.6 is 28.3 Å². The summed E-state index contributed by atoms with van der Waals surface area (Å²) >= 11 is 3.47. The maximum Gasteiger partial charge on any atom is 0.225 e. The summed E-state index contributed by atoms with van der Waals surface area (Å²) in [5.74, 6) is 0.0746.